The lowest BCUT2D eigenvalue weighted by Gasteiger charge is -2.35. The van der Waals surface area contributed by atoms with Gasteiger partial charge in [-0.3, -0.25) is 0 Å². The van der Waals surface area contributed by atoms with E-state index in [1.54, 1.807) is 34.5 Å². The van der Waals surface area contributed by atoms with Crippen LogP contribution in [0.5, 0.6) is 0 Å². The summed E-state index contributed by atoms with van der Waals surface area (Å²) in [5, 5.41) is 0. The van der Waals surface area contributed by atoms with Gasteiger partial charge in [-0.15, -0.1) is 0 Å². The molecule has 0 rings (SSSR count). The molecule has 0 aromatic heterocycles. The number of allylic oxidation sites excluding steroid dienone is 4. The molecule has 470 valence electrons. The molecule has 0 saturated heterocycles. The fourth-order valence-electron chi connectivity index (χ4n) is 11.4. The minimum atomic E-state index is 0. The Morgan fingerprint density at radius 3 is 1.05 bits per heavy atom. The molecule has 0 fully saturated rings. The summed E-state index contributed by atoms with van der Waals surface area (Å²) in [4.78, 5) is 0. The van der Waals surface area contributed by atoms with Crippen molar-refractivity contribution in [1.29, 1.82) is 0 Å². The zero-order chi connectivity index (χ0) is 64.0. The first-order valence-corrected chi connectivity index (χ1v) is 33.3. The molecule has 0 N–H and O–H groups in total. The van der Waals surface area contributed by atoms with Gasteiger partial charge in [0.25, 0.3) is 0 Å². The van der Waals surface area contributed by atoms with Crippen LogP contribution in [0.25, 0.3) is 0 Å². The molecule has 0 aliphatic rings. The van der Waals surface area contributed by atoms with E-state index in [4.69, 9.17) is 0 Å². The van der Waals surface area contributed by atoms with Gasteiger partial charge in [0.2, 0.25) is 0 Å². The predicted molar refractivity (Wildman–Crippen MR) is 374 cm³/mol. The standard InChI is InChI=1S/C13H28.3C13H27.2C13H26/c2*1-8-12(4,5)10-13(6,7)9-11(2)3;4*1-8-13(6,7)9-11(4)12(5)10(2)3/h11H,8-10H2,1-7H3;8-10H2,1-7H3;10,12H,8-9H2,1-7H3;10-11H,8-9H2,1-7H3;11H,8-9H2,1-7H3;10H,8-9H2,1-7H3/q;3*+1;;/p+3/b;;;;;12-11+. The van der Waals surface area contributed by atoms with Crippen molar-refractivity contribution in [3.05, 3.63) is 40.0 Å². The van der Waals surface area contributed by atoms with Gasteiger partial charge < -0.3 is 0 Å². The zero-order valence-electron chi connectivity index (χ0n) is 66.4. The minimum Gasteiger partial charge on any atom is -0.0772 e. The van der Waals surface area contributed by atoms with E-state index in [1.165, 1.54) is 95.5 Å². The number of hydrogen-bond acceptors (Lipinski definition) is 0. The maximum absolute atomic E-state index is 2.41. The van der Waals surface area contributed by atoms with Crippen LogP contribution >= 0.6 is 0 Å². The molecule has 78 heavy (non-hydrogen) atoms. The van der Waals surface area contributed by atoms with Gasteiger partial charge in [-0.2, -0.15) is 0 Å². The fourth-order valence-corrected chi connectivity index (χ4v) is 11.4. The van der Waals surface area contributed by atoms with Crippen molar-refractivity contribution in [2.75, 3.05) is 0 Å². The average Bonchev–Trinajstić information content (AvgIpc) is 3.26. The average molecular weight is 1100 g/mol. The summed E-state index contributed by atoms with van der Waals surface area (Å²) in [6.07, 6.45) is 18.1. The molecule has 0 nitrogen and oxygen atoms in total. The lowest BCUT2D eigenvalue weighted by Crippen LogP contribution is -2.24. The fraction of sp³-hybridized carbons (Fsp3) is 0.910. The molecular formula is C78H164+6. The Bertz CT molecular complexity index is 1440. The molecule has 0 heterocycles. The van der Waals surface area contributed by atoms with Crippen LogP contribution in [0.4, 0.5) is 0 Å². The van der Waals surface area contributed by atoms with Crippen molar-refractivity contribution in [1.82, 2.24) is 0 Å². The summed E-state index contributed by atoms with van der Waals surface area (Å²) in [6, 6.07) is 0. The van der Waals surface area contributed by atoms with Crippen LogP contribution in [0.15, 0.2) is 22.3 Å². The highest BCUT2D eigenvalue weighted by Crippen LogP contribution is 2.42. The van der Waals surface area contributed by atoms with Crippen LogP contribution < -0.4 is 0 Å². The highest BCUT2D eigenvalue weighted by atomic mass is 14.4. The first kappa shape index (κ1) is 88.3. The summed E-state index contributed by atoms with van der Waals surface area (Å²) in [5.41, 5.74) is 10.2. The van der Waals surface area contributed by atoms with Crippen LogP contribution in [0.1, 0.15) is 385 Å². The first-order chi connectivity index (χ1) is 34.6. The lowest BCUT2D eigenvalue weighted by molar-refractivity contribution is 0.161. The van der Waals surface area contributed by atoms with Gasteiger partial charge in [0.1, 0.15) is 0 Å². The van der Waals surface area contributed by atoms with Gasteiger partial charge in [0.05, 0.1) is 76.0 Å². The Balaban J connectivity index is -0.000000109. The van der Waals surface area contributed by atoms with Crippen molar-refractivity contribution in [3.63, 3.8) is 0 Å². The molecule has 0 aromatic carbocycles. The highest BCUT2D eigenvalue weighted by Gasteiger charge is 2.34. The van der Waals surface area contributed by atoms with E-state index in [-0.39, 0.29) is 4.28 Å². The molecule has 0 bridgehead atoms. The molecule has 0 aliphatic carbocycles. The van der Waals surface area contributed by atoms with Crippen molar-refractivity contribution in [2.24, 2.45) is 84.7 Å². The number of hydrogen-bond donors (Lipinski definition) is 0. The quantitative estimate of drug-likeness (QED) is 0.0541. The van der Waals surface area contributed by atoms with Gasteiger partial charge >= 0.3 is 4.28 Å². The van der Waals surface area contributed by atoms with E-state index in [9.17, 15) is 0 Å². The molecule has 3 atom stereocenters. The molecule has 0 aromatic rings. The molecule has 3 unspecified atom stereocenters. The normalized spacial score (nSPS) is 14.2. The van der Waals surface area contributed by atoms with Crippen molar-refractivity contribution >= 4 is 0 Å². The topological polar surface area (TPSA) is 0 Å². The smallest absolute Gasteiger partial charge is 0.0772 e. The lowest BCUT2D eigenvalue weighted by atomic mass is 9.70. The van der Waals surface area contributed by atoms with Crippen LogP contribution in [0.3, 0.4) is 0 Å². The highest BCUT2D eigenvalue weighted by molar-refractivity contribution is 5.13. The predicted octanol–water partition coefficient (Wildman–Crippen LogP) is 29.1. The third-order valence-electron chi connectivity index (χ3n) is 19.2. The Morgan fingerprint density at radius 1 is 0.397 bits per heavy atom. The third kappa shape index (κ3) is 49.7. The van der Waals surface area contributed by atoms with Crippen molar-refractivity contribution < 1.29 is 4.28 Å². The van der Waals surface area contributed by atoms with Gasteiger partial charge in [-0.25, -0.2) is 0 Å². The SMILES string of the molecule is CCC(C)(C)C/C(C)=C(\C)C(C)C.CCC(C)(C)CC(C)(C)CC(C)C.CCC(C)(C)CC(C)(C)C[C+](C)C.CCC(C)(C)CC(C)C(C)=C(C)C.CCC(C)(C)CC(C)[C+](C)C(C)C.CCC(C)(C)C[C+](C)C(C)C(C)C.[H+].[H+].[H+]. The maximum atomic E-state index is 2.41. The Labute approximate surface area is 507 Å². The summed E-state index contributed by atoms with van der Waals surface area (Å²) >= 11 is 0. The van der Waals surface area contributed by atoms with Crippen LogP contribution in [-0.2, 0) is 0 Å². The molecule has 0 saturated carbocycles. The van der Waals surface area contributed by atoms with E-state index in [0.717, 1.165) is 35.5 Å². The van der Waals surface area contributed by atoms with Crippen LogP contribution in [0.2, 0.25) is 0 Å². The largest absolute Gasteiger partial charge is 1.00 e. The van der Waals surface area contributed by atoms with Gasteiger partial charge in [0, 0.05) is 10.8 Å². The van der Waals surface area contributed by atoms with E-state index >= 15 is 0 Å². The Morgan fingerprint density at radius 2 is 0.756 bits per heavy atom. The molecule has 0 heteroatoms. The second-order valence-corrected chi connectivity index (χ2v) is 34.4. The second-order valence-electron chi connectivity index (χ2n) is 34.4. The van der Waals surface area contributed by atoms with Gasteiger partial charge in [0.15, 0.2) is 0 Å². The molecular weight excluding hydrogens is 937 g/mol. The van der Waals surface area contributed by atoms with Gasteiger partial charge in [-0.05, 0) is 163 Å². The van der Waals surface area contributed by atoms with E-state index < -0.39 is 0 Å². The Hall–Kier alpha value is -0.910. The molecule has 0 spiro atoms. The minimum absolute atomic E-state index is 0. The summed E-state index contributed by atoms with van der Waals surface area (Å²) < 4.78 is 0. The monoisotopic (exact) mass is 1100 g/mol. The summed E-state index contributed by atoms with van der Waals surface area (Å²) in [7, 11) is 0. The molecule has 0 radical (unpaired) electrons. The Kier molecular flexibility index (Phi) is 45.7. The second kappa shape index (κ2) is 40.4. The molecule has 0 amide bonds. The first-order valence-electron chi connectivity index (χ1n) is 33.3. The third-order valence-corrected chi connectivity index (χ3v) is 19.2. The van der Waals surface area contributed by atoms with E-state index in [1.807, 2.05) is 0 Å². The zero-order valence-corrected chi connectivity index (χ0v) is 63.4. The van der Waals surface area contributed by atoms with Crippen molar-refractivity contribution in [2.45, 2.75) is 381 Å². The summed E-state index contributed by atoms with van der Waals surface area (Å²) in [6.45, 7) is 97.6. The molecule has 0 aliphatic heterocycles. The van der Waals surface area contributed by atoms with E-state index in [2.05, 4.69) is 291 Å². The van der Waals surface area contributed by atoms with Gasteiger partial charge in [-0.1, -0.05) is 255 Å². The summed E-state index contributed by atoms with van der Waals surface area (Å²) in [5.74, 6) is 10.2. The van der Waals surface area contributed by atoms with Crippen LogP contribution in [-0.4, -0.2) is 0 Å². The van der Waals surface area contributed by atoms with Crippen molar-refractivity contribution in [3.8, 4) is 0 Å². The van der Waals surface area contributed by atoms with E-state index in [0.29, 0.717) is 49.2 Å². The number of rotatable bonds is 28. The van der Waals surface area contributed by atoms with Crippen LogP contribution in [0, 0.1) is 102 Å². The maximum Gasteiger partial charge on any atom is 1.00 e.